The molecule has 18 nitrogen and oxygen atoms in total. The van der Waals surface area contributed by atoms with Crippen LogP contribution in [0.15, 0.2) is 186 Å². The molecule has 7 aromatic carbocycles. The molecule has 0 spiro atoms. The number of nitrogens with zero attached hydrogens (tertiary/aromatic N) is 3. The maximum absolute atomic E-state index is 12.4. The fourth-order valence-corrected chi connectivity index (χ4v) is 9.26. The zero-order valence-electron chi connectivity index (χ0n) is 49.2. The van der Waals surface area contributed by atoms with E-state index >= 15 is 0 Å². The highest BCUT2D eigenvalue weighted by atomic mass is 35.5. The standard InChI is InChI=1S/C19H15ClN2O2.C11H9NO3.2C11H7NO2.C9H12ClN.C9H7NO2/c1-2-3-12-4-6-15(10-17(12)20)22-19(23)13-5-7-18-14(8-13)9-16(11-21)24-18;1-6(13)7-2-3-9-8(4-7)5-10(15-9)11(12)14;2*1-7(13)8-2-3-11-9(4-8)5-10(6-12)14-11;1-2-3-7-4-5-8(11)6-9(7)10;10-9(11)8-5-6-3-1-2-4-7(6)12-8/h4-10H,2-3H2,1H3,(H,22,23);2-5H,1H3,(H2,12,14);2*2-5H,1H3;4-6H,2-3,11H2,1H3;1-5H,(H2,10,11). The monoisotopic (exact) mass is 1240 g/mol. The van der Waals surface area contributed by atoms with E-state index in [1.165, 1.54) is 32.4 Å². The Balaban J connectivity index is 0.000000157. The molecule has 90 heavy (non-hydrogen) atoms. The molecule has 0 bridgehead atoms. The van der Waals surface area contributed by atoms with Crippen LogP contribution < -0.4 is 22.5 Å². The molecule has 0 saturated carbocycles. The van der Waals surface area contributed by atoms with Gasteiger partial charge in [-0.05, 0) is 160 Å². The minimum atomic E-state index is -0.615. The van der Waals surface area contributed by atoms with Crippen LogP contribution in [0, 0.1) is 34.0 Å². The Hall–Kier alpha value is -11.5. The predicted octanol–water partition coefficient (Wildman–Crippen LogP) is 16.3. The molecule has 0 fully saturated rings. The highest BCUT2D eigenvalue weighted by molar-refractivity contribution is 6.32. The van der Waals surface area contributed by atoms with E-state index in [-0.39, 0.29) is 52.1 Å². The van der Waals surface area contributed by atoms with Crippen LogP contribution in [0.5, 0.6) is 0 Å². The third kappa shape index (κ3) is 17.6. The van der Waals surface area contributed by atoms with E-state index in [2.05, 4.69) is 19.2 Å². The van der Waals surface area contributed by atoms with E-state index < -0.39 is 11.8 Å². The van der Waals surface area contributed by atoms with Crippen LogP contribution in [0.4, 0.5) is 11.4 Å². The highest BCUT2D eigenvalue weighted by Crippen LogP contribution is 2.27. The molecule has 0 radical (unpaired) electrons. The summed E-state index contributed by atoms with van der Waals surface area (Å²) < 4.78 is 26.0. The van der Waals surface area contributed by atoms with E-state index in [9.17, 15) is 28.8 Å². The van der Waals surface area contributed by atoms with Gasteiger partial charge in [-0.3, -0.25) is 28.8 Å². The number of hydrogen-bond donors (Lipinski definition) is 4. The van der Waals surface area contributed by atoms with Gasteiger partial charge in [0.15, 0.2) is 28.9 Å². The average molecular weight is 1240 g/mol. The summed E-state index contributed by atoms with van der Waals surface area (Å²) in [5, 5.41) is 34.2. The zero-order chi connectivity index (χ0) is 65.2. The molecule has 12 rings (SSSR count). The van der Waals surface area contributed by atoms with E-state index in [1.807, 2.05) is 60.7 Å². The number of nitrogens with two attached hydrogens (primary N) is 3. The number of benzene rings is 7. The van der Waals surface area contributed by atoms with Gasteiger partial charge >= 0.3 is 0 Å². The Morgan fingerprint density at radius 2 is 0.800 bits per heavy atom. The Labute approximate surface area is 525 Å². The summed E-state index contributed by atoms with van der Waals surface area (Å²) in [4.78, 5) is 67.2. The number of nitrogens with one attached hydrogen (secondary N) is 1. The zero-order valence-corrected chi connectivity index (χ0v) is 50.7. The lowest BCUT2D eigenvalue weighted by molar-refractivity contribution is 0.0968. The van der Waals surface area contributed by atoms with Gasteiger partial charge in [-0.2, -0.15) is 15.8 Å². The summed E-state index contributed by atoms with van der Waals surface area (Å²) in [6, 6.07) is 52.6. The predicted molar refractivity (Wildman–Crippen MR) is 346 cm³/mol. The molecule has 452 valence electrons. The molecule has 5 heterocycles. The quantitative estimate of drug-likeness (QED) is 0.0691. The summed E-state index contributed by atoms with van der Waals surface area (Å²) in [6.45, 7) is 8.72. The highest BCUT2D eigenvalue weighted by Gasteiger charge is 2.14. The number of primary amides is 2. The first kappa shape index (κ1) is 66.0. The normalized spacial score (nSPS) is 10.3. The third-order valence-electron chi connectivity index (χ3n) is 13.2. The van der Waals surface area contributed by atoms with Gasteiger partial charge < -0.3 is 44.6 Å². The topological polar surface area (TPSA) is 330 Å². The first-order chi connectivity index (χ1) is 43.1. The van der Waals surface area contributed by atoms with Crippen LogP contribution in [0.3, 0.4) is 0 Å². The number of fused-ring (bicyclic) bond motifs is 5. The second kappa shape index (κ2) is 30.7. The Morgan fingerprint density at radius 3 is 1.19 bits per heavy atom. The van der Waals surface area contributed by atoms with Gasteiger partial charge in [-0.15, -0.1) is 0 Å². The number of Topliss-reactive ketones (excluding diaryl/α,β-unsaturated/α-hetero) is 3. The molecule has 0 atom stereocenters. The lowest BCUT2D eigenvalue weighted by Crippen LogP contribution is -2.11. The second-order valence-corrected chi connectivity index (χ2v) is 20.8. The van der Waals surface area contributed by atoms with Gasteiger partial charge in [0.05, 0.1) is 0 Å². The molecule has 0 aliphatic carbocycles. The summed E-state index contributed by atoms with van der Waals surface area (Å²) in [5.41, 5.74) is 24.7. The van der Waals surface area contributed by atoms with Crippen molar-refractivity contribution in [1.82, 2.24) is 0 Å². The number of para-hydroxylation sites is 1. The lowest BCUT2D eigenvalue weighted by Gasteiger charge is -2.08. The summed E-state index contributed by atoms with van der Waals surface area (Å²) in [6.07, 6.45) is 4.06. The molecule has 12 aromatic rings. The minimum Gasteiger partial charge on any atom is -0.451 e. The number of hydrogen-bond acceptors (Lipinski definition) is 15. The van der Waals surface area contributed by atoms with Crippen LogP contribution in [0.2, 0.25) is 10.0 Å². The Kier molecular flexibility index (Phi) is 22.6. The number of carbonyl (C=O) groups is 6. The average Bonchev–Trinajstić information content (AvgIpc) is 1.99. The van der Waals surface area contributed by atoms with E-state index in [1.54, 1.807) is 115 Å². The van der Waals surface area contributed by atoms with Gasteiger partial charge in [0, 0.05) is 88.8 Å². The Morgan fingerprint density at radius 1 is 0.433 bits per heavy atom. The molecule has 0 saturated heterocycles. The fourth-order valence-electron chi connectivity index (χ4n) is 8.70. The number of rotatable bonds is 11. The fraction of sp³-hybridized carbons (Fsp3) is 0.129. The number of nitriles is 3. The first-order valence-electron chi connectivity index (χ1n) is 27.7. The molecule has 7 N–H and O–H groups in total. The summed E-state index contributed by atoms with van der Waals surface area (Å²) >= 11 is 12.2. The summed E-state index contributed by atoms with van der Waals surface area (Å²) in [7, 11) is 0. The van der Waals surface area contributed by atoms with E-state index in [0.717, 1.165) is 63.5 Å². The van der Waals surface area contributed by atoms with Crippen LogP contribution in [-0.4, -0.2) is 35.1 Å². The van der Waals surface area contributed by atoms with Gasteiger partial charge in [0.1, 0.15) is 46.1 Å². The maximum Gasteiger partial charge on any atom is 0.284 e. The molecule has 0 unspecified atom stereocenters. The van der Waals surface area contributed by atoms with Crippen molar-refractivity contribution in [2.24, 2.45) is 11.5 Å². The van der Waals surface area contributed by atoms with Crippen LogP contribution >= 0.6 is 23.2 Å². The molecule has 0 aliphatic rings. The van der Waals surface area contributed by atoms with Crippen LogP contribution in [0.25, 0.3) is 54.8 Å². The smallest absolute Gasteiger partial charge is 0.284 e. The van der Waals surface area contributed by atoms with Gasteiger partial charge in [0.25, 0.3) is 17.7 Å². The SMILES string of the molecule is CC(=O)c1ccc2oc(C#N)cc2c1.CC(=O)c1ccc2oc(C#N)cc2c1.CC(=O)c1ccc2oc(C(N)=O)cc2c1.CCCc1ccc(N)cc1Cl.CCCc1ccc(NC(=O)c2ccc3oc(C#N)cc3c2)cc1Cl.NC(=O)c1cc2ccccc2o1. The van der Waals surface area contributed by atoms with Crippen molar-refractivity contribution in [3.8, 4) is 18.2 Å². The molecular weight excluding hydrogens is 1190 g/mol. The van der Waals surface area contributed by atoms with Crippen molar-refractivity contribution < 1.29 is 50.9 Å². The van der Waals surface area contributed by atoms with E-state index in [4.69, 9.17) is 78.3 Å². The number of nitrogen functional groups attached to an aromatic ring is 1. The molecule has 5 aromatic heterocycles. The Bertz CT molecular complexity index is 4650. The number of halogens is 2. The number of furan rings is 5. The number of aryl methyl sites for hydroxylation is 2. The largest absolute Gasteiger partial charge is 0.451 e. The number of amides is 3. The van der Waals surface area contributed by atoms with Crippen molar-refractivity contribution in [2.45, 2.75) is 60.3 Å². The van der Waals surface area contributed by atoms with Gasteiger partial charge in [0.2, 0.25) is 17.3 Å². The van der Waals surface area contributed by atoms with Gasteiger partial charge in [-0.1, -0.05) is 80.2 Å². The third-order valence-corrected chi connectivity index (χ3v) is 13.9. The van der Waals surface area contributed by atoms with Gasteiger partial charge in [-0.25, -0.2) is 0 Å². The van der Waals surface area contributed by atoms with Crippen molar-refractivity contribution in [2.75, 3.05) is 11.1 Å². The first-order valence-corrected chi connectivity index (χ1v) is 28.5. The lowest BCUT2D eigenvalue weighted by atomic mass is 10.1. The molecule has 3 amide bonds. The second-order valence-electron chi connectivity index (χ2n) is 19.9. The molecular formula is C70H57Cl2N7O11. The molecule has 20 heteroatoms. The number of ketones is 3. The minimum absolute atomic E-state index is 0.00612. The number of carbonyl (C=O) groups excluding carboxylic acids is 6. The van der Waals surface area contributed by atoms with Crippen LogP contribution in [-0.2, 0) is 12.8 Å². The van der Waals surface area contributed by atoms with Crippen molar-refractivity contribution in [1.29, 1.82) is 15.8 Å². The van der Waals surface area contributed by atoms with Crippen molar-refractivity contribution >= 4 is 124 Å². The maximum atomic E-state index is 12.4. The number of anilines is 2. The molecule has 0 aliphatic heterocycles. The van der Waals surface area contributed by atoms with E-state index in [0.29, 0.717) is 66.3 Å². The van der Waals surface area contributed by atoms with Crippen LogP contribution in [0.1, 0.15) is 138 Å². The van der Waals surface area contributed by atoms with Crippen molar-refractivity contribution in [3.63, 3.8) is 0 Å². The summed E-state index contributed by atoms with van der Waals surface area (Å²) in [5.74, 6) is -0.348. The van der Waals surface area contributed by atoms with Crippen molar-refractivity contribution in [3.05, 3.63) is 236 Å².